The van der Waals surface area contributed by atoms with Gasteiger partial charge in [0.25, 0.3) is 0 Å². The molecule has 1 rings (SSSR count). The second kappa shape index (κ2) is 5.20. The average molecular weight is 205 g/mol. The topological polar surface area (TPSA) is 38.3 Å². The molecule has 0 aromatic heterocycles. The normalized spacial score (nSPS) is 9.47. The summed E-state index contributed by atoms with van der Waals surface area (Å²) in [6.07, 6.45) is 1.24. The van der Waals surface area contributed by atoms with Crippen LogP contribution in [0.2, 0.25) is 0 Å². The van der Waals surface area contributed by atoms with Crippen molar-refractivity contribution in [1.82, 2.24) is 0 Å². The van der Waals surface area contributed by atoms with Gasteiger partial charge in [-0.25, -0.2) is 0 Å². The Morgan fingerprint density at radius 1 is 1.60 bits per heavy atom. The highest BCUT2D eigenvalue weighted by Crippen LogP contribution is 2.21. The predicted octanol–water partition coefficient (Wildman–Crippen LogP) is 2.52. The second-order valence-corrected chi connectivity index (χ2v) is 3.10. The zero-order valence-electron chi connectivity index (χ0n) is 9.04. The van der Waals surface area contributed by atoms with E-state index in [0.29, 0.717) is 6.61 Å². The molecule has 1 aromatic carbocycles. The van der Waals surface area contributed by atoms with Crippen LogP contribution in [-0.2, 0) is 4.79 Å². The Morgan fingerprint density at radius 3 is 2.93 bits per heavy atom. The molecule has 3 nitrogen and oxygen atoms in total. The molecule has 0 saturated carbocycles. The maximum atomic E-state index is 11.1. The minimum absolute atomic E-state index is 0.216. The lowest BCUT2D eigenvalue weighted by Gasteiger charge is -2.09. The number of ether oxygens (including phenoxy) is 1. The van der Waals surface area contributed by atoms with Crippen molar-refractivity contribution in [2.75, 3.05) is 11.9 Å². The quantitative estimate of drug-likeness (QED) is 0.767. The van der Waals surface area contributed by atoms with Gasteiger partial charge in [-0.1, -0.05) is 12.6 Å². The SMILES string of the molecule is C=CC(=O)Nc1cc(OCC)ccc1C. The van der Waals surface area contributed by atoms with Gasteiger partial charge in [-0.2, -0.15) is 0 Å². The summed E-state index contributed by atoms with van der Waals surface area (Å²) < 4.78 is 5.34. The van der Waals surface area contributed by atoms with E-state index >= 15 is 0 Å². The van der Waals surface area contributed by atoms with Crippen LogP contribution in [0.4, 0.5) is 5.69 Å². The lowest BCUT2D eigenvalue weighted by Crippen LogP contribution is -2.08. The van der Waals surface area contributed by atoms with Crippen LogP contribution in [0, 0.1) is 6.92 Å². The van der Waals surface area contributed by atoms with Crippen LogP contribution in [0.15, 0.2) is 30.9 Å². The highest BCUT2D eigenvalue weighted by molar-refractivity contribution is 5.99. The number of hydrogen-bond donors (Lipinski definition) is 1. The molecule has 1 aromatic rings. The summed E-state index contributed by atoms with van der Waals surface area (Å²) in [5.74, 6) is 0.536. The molecule has 3 heteroatoms. The van der Waals surface area contributed by atoms with Gasteiger partial charge in [0, 0.05) is 11.8 Å². The third kappa shape index (κ3) is 3.13. The van der Waals surface area contributed by atoms with Crippen molar-refractivity contribution >= 4 is 11.6 Å². The molecule has 0 radical (unpaired) electrons. The van der Waals surface area contributed by atoms with Crippen LogP contribution < -0.4 is 10.1 Å². The summed E-state index contributed by atoms with van der Waals surface area (Å²) in [4.78, 5) is 11.1. The van der Waals surface area contributed by atoms with Crippen molar-refractivity contribution in [3.63, 3.8) is 0 Å². The van der Waals surface area contributed by atoms with E-state index < -0.39 is 0 Å². The third-order valence-corrected chi connectivity index (χ3v) is 1.96. The molecule has 0 fully saturated rings. The monoisotopic (exact) mass is 205 g/mol. The van der Waals surface area contributed by atoms with Crippen molar-refractivity contribution < 1.29 is 9.53 Å². The van der Waals surface area contributed by atoms with Crippen molar-refractivity contribution in [2.45, 2.75) is 13.8 Å². The Labute approximate surface area is 89.8 Å². The van der Waals surface area contributed by atoms with Gasteiger partial charge >= 0.3 is 0 Å². The maximum Gasteiger partial charge on any atom is 0.247 e. The average Bonchev–Trinajstić information content (AvgIpc) is 2.23. The Morgan fingerprint density at radius 2 is 2.33 bits per heavy atom. The number of hydrogen-bond acceptors (Lipinski definition) is 2. The highest BCUT2D eigenvalue weighted by Gasteiger charge is 2.03. The molecule has 1 amide bonds. The number of rotatable bonds is 4. The Balaban J connectivity index is 2.89. The van der Waals surface area contributed by atoms with Crippen molar-refractivity contribution in [3.8, 4) is 5.75 Å². The third-order valence-electron chi connectivity index (χ3n) is 1.96. The summed E-state index contributed by atoms with van der Waals surface area (Å²) >= 11 is 0. The summed E-state index contributed by atoms with van der Waals surface area (Å²) in [5, 5.41) is 2.72. The summed E-state index contributed by atoms with van der Waals surface area (Å²) in [7, 11) is 0. The number of anilines is 1. The van der Waals surface area contributed by atoms with Gasteiger partial charge < -0.3 is 10.1 Å². The number of benzene rings is 1. The van der Waals surface area contributed by atoms with Crippen LogP contribution in [0.25, 0.3) is 0 Å². The molecule has 0 aliphatic heterocycles. The Kier molecular flexibility index (Phi) is 3.92. The van der Waals surface area contributed by atoms with Crippen LogP contribution in [0.5, 0.6) is 5.75 Å². The molecule has 0 spiro atoms. The van der Waals surface area contributed by atoms with Gasteiger partial charge in [-0.05, 0) is 31.6 Å². The van der Waals surface area contributed by atoms with Gasteiger partial charge in [-0.3, -0.25) is 4.79 Å². The number of carbonyl (C=O) groups excluding carboxylic acids is 1. The van der Waals surface area contributed by atoms with E-state index in [2.05, 4.69) is 11.9 Å². The lowest BCUT2D eigenvalue weighted by molar-refractivity contribution is -0.111. The fourth-order valence-electron chi connectivity index (χ4n) is 1.18. The molecule has 0 saturated heterocycles. The van der Waals surface area contributed by atoms with Gasteiger partial charge in [0.15, 0.2) is 0 Å². The van der Waals surface area contributed by atoms with Crippen LogP contribution in [0.1, 0.15) is 12.5 Å². The lowest BCUT2D eigenvalue weighted by atomic mass is 10.2. The molecule has 0 bridgehead atoms. The number of carbonyl (C=O) groups is 1. The number of amides is 1. The fourth-order valence-corrected chi connectivity index (χ4v) is 1.18. The van der Waals surface area contributed by atoms with Gasteiger partial charge in [0.05, 0.1) is 6.61 Å². The first-order chi connectivity index (χ1) is 7.17. The van der Waals surface area contributed by atoms with Crippen LogP contribution >= 0.6 is 0 Å². The molecular formula is C12H15NO2. The van der Waals surface area contributed by atoms with Gasteiger partial charge in [0.2, 0.25) is 5.91 Å². The number of aryl methyl sites for hydroxylation is 1. The first kappa shape index (κ1) is 11.3. The molecule has 80 valence electrons. The van der Waals surface area contributed by atoms with E-state index in [-0.39, 0.29) is 5.91 Å². The summed E-state index contributed by atoms with van der Waals surface area (Å²) in [5.41, 5.74) is 1.75. The van der Waals surface area contributed by atoms with E-state index in [1.165, 1.54) is 6.08 Å². The standard InChI is InChI=1S/C12H15NO2/c1-4-12(14)13-11-8-10(15-5-2)7-6-9(11)3/h4,6-8H,1,5H2,2-3H3,(H,13,14). The first-order valence-corrected chi connectivity index (χ1v) is 4.84. The Hall–Kier alpha value is -1.77. The Bertz CT molecular complexity index is 372. The largest absolute Gasteiger partial charge is 0.494 e. The molecule has 15 heavy (non-hydrogen) atoms. The van der Waals surface area contributed by atoms with E-state index in [9.17, 15) is 4.79 Å². The molecular weight excluding hydrogens is 190 g/mol. The second-order valence-electron chi connectivity index (χ2n) is 3.10. The van der Waals surface area contributed by atoms with Gasteiger partial charge in [-0.15, -0.1) is 0 Å². The van der Waals surface area contributed by atoms with Crippen LogP contribution in [0.3, 0.4) is 0 Å². The van der Waals surface area contributed by atoms with E-state index in [1.54, 1.807) is 6.07 Å². The first-order valence-electron chi connectivity index (χ1n) is 4.84. The van der Waals surface area contributed by atoms with Gasteiger partial charge in [0.1, 0.15) is 5.75 Å². The molecule has 1 N–H and O–H groups in total. The van der Waals surface area contributed by atoms with E-state index in [4.69, 9.17) is 4.74 Å². The molecule has 0 heterocycles. The van der Waals surface area contributed by atoms with Crippen LogP contribution in [-0.4, -0.2) is 12.5 Å². The minimum Gasteiger partial charge on any atom is -0.494 e. The molecule has 0 unspecified atom stereocenters. The minimum atomic E-state index is -0.216. The molecule has 0 aliphatic rings. The van der Waals surface area contributed by atoms with Crippen molar-refractivity contribution in [2.24, 2.45) is 0 Å². The maximum absolute atomic E-state index is 11.1. The fraction of sp³-hybridized carbons (Fsp3) is 0.250. The smallest absolute Gasteiger partial charge is 0.247 e. The van der Waals surface area contributed by atoms with E-state index in [0.717, 1.165) is 17.0 Å². The van der Waals surface area contributed by atoms with Crippen molar-refractivity contribution in [1.29, 1.82) is 0 Å². The molecule has 0 aliphatic carbocycles. The highest BCUT2D eigenvalue weighted by atomic mass is 16.5. The van der Waals surface area contributed by atoms with Crippen molar-refractivity contribution in [3.05, 3.63) is 36.4 Å². The zero-order valence-corrected chi connectivity index (χ0v) is 9.04. The summed E-state index contributed by atoms with van der Waals surface area (Å²) in [6, 6.07) is 5.59. The summed E-state index contributed by atoms with van der Waals surface area (Å²) in [6.45, 7) is 7.85. The zero-order chi connectivity index (χ0) is 11.3. The van der Waals surface area contributed by atoms with E-state index in [1.807, 2.05) is 26.0 Å². The predicted molar refractivity (Wildman–Crippen MR) is 61.2 cm³/mol. The molecule has 0 atom stereocenters. The number of nitrogens with one attached hydrogen (secondary N) is 1.